The first-order valence-corrected chi connectivity index (χ1v) is 6.05. The van der Waals surface area contributed by atoms with Crippen LogP contribution in [-0.2, 0) is 6.42 Å². The Morgan fingerprint density at radius 1 is 1.56 bits per heavy atom. The summed E-state index contributed by atoms with van der Waals surface area (Å²) in [5.41, 5.74) is 6.90. The van der Waals surface area contributed by atoms with Gasteiger partial charge in [0, 0.05) is 25.7 Å². The molecule has 0 saturated carbocycles. The van der Waals surface area contributed by atoms with Crippen LogP contribution in [0.15, 0.2) is 29.3 Å². The highest BCUT2D eigenvalue weighted by Gasteiger charge is 2.10. The van der Waals surface area contributed by atoms with Gasteiger partial charge in [-0.1, -0.05) is 12.1 Å². The first-order valence-electron chi connectivity index (χ1n) is 6.05. The second-order valence-electron chi connectivity index (χ2n) is 4.37. The summed E-state index contributed by atoms with van der Waals surface area (Å²) in [5.74, 6) is 0.561. The molecule has 1 aliphatic rings. The van der Waals surface area contributed by atoms with Crippen LogP contribution in [0.4, 0.5) is 0 Å². The number of rotatable bonds is 4. The molecule has 1 aliphatic heterocycles. The van der Waals surface area contributed by atoms with E-state index in [1.807, 2.05) is 25.2 Å². The van der Waals surface area contributed by atoms with E-state index >= 15 is 0 Å². The van der Waals surface area contributed by atoms with Gasteiger partial charge in [0.25, 0.3) is 0 Å². The third kappa shape index (κ3) is 3.00. The van der Waals surface area contributed by atoms with E-state index in [0.29, 0.717) is 5.56 Å². The van der Waals surface area contributed by atoms with Crippen LogP contribution in [0, 0.1) is 0 Å². The fraction of sp³-hybridized carbons (Fsp3) is 0.385. The fourth-order valence-corrected chi connectivity index (χ4v) is 1.92. The Balaban J connectivity index is 1.86. The van der Waals surface area contributed by atoms with Gasteiger partial charge >= 0.3 is 0 Å². The summed E-state index contributed by atoms with van der Waals surface area (Å²) in [7, 11) is 2.02. The van der Waals surface area contributed by atoms with Crippen LogP contribution >= 0.6 is 0 Å². The van der Waals surface area contributed by atoms with Crippen LogP contribution in [0.2, 0.25) is 0 Å². The second-order valence-corrected chi connectivity index (χ2v) is 4.37. The quantitative estimate of drug-likeness (QED) is 0.798. The van der Waals surface area contributed by atoms with Crippen molar-refractivity contribution in [1.29, 1.82) is 0 Å². The van der Waals surface area contributed by atoms with Gasteiger partial charge in [0.2, 0.25) is 5.91 Å². The standard InChI is InChI=1S/C13H18N4O/c1-17-8-7-16-13(17)15-6-5-10-3-2-4-11(9-10)12(14)18/h2-4,9H,5-8H2,1H3,(H2,14,18)(H,15,16). The number of aliphatic imine (C=N–C) groups is 1. The van der Waals surface area contributed by atoms with E-state index in [0.717, 1.165) is 37.6 Å². The molecule has 1 amide bonds. The molecule has 5 nitrogen and oxygen atoms in total. The Bertz CT molecular complexity index is 470. The first-order chi connectivity index (χ1) is 8.66. The lowest BCUT2D eigenvalue weighted by Gasteiger charge is -2.15. The maximum Gasteiger partial charge on any atom is 0.248 e. The number of hydrogen-bond acceptors (Lipinski definition) is 4. The number of nitrogens with one attached hydrogen (secondary N) is 1. The van der Waals surface area contributed by atoms with Crippen molar-refractivity contribution < 1.29 is 4.79 Å². The van der Waals surface area contributed by atoms with Gasteiger partial charge in [-0.15, -0.1) is 0 Å². The second kappa shape index (κ2) is 5.53. The smallest absolute Gasteiger partial charge is 0.248 e. The van der Waals surface area contributed by atoms with Crippen molar-refractivity contribution in [1.82, 2.24) is 10.2 Å². The maximum absolute atomic E-state index is 11.1. The van der Waals surface area contributed by atoms with E-state index in [2.05, 4.69) is 15.2 Å². The van der Waals surface area contributed by atoms with E-state index in [1.165, 1.54) is 0 Å². The molecule has 96 valence electrons. The minimum atomic E-state index is -0.385. The molecule has 5 heteroatoms. The number of primary amides is 1. The summed E-state index contributed by atoms with van der Waals surface area (Å²) >= 11 is 0. The molecule has 0 fully saturated rings. The lowest BCUT2D eigenvalue weighted by molar-refractivity contribution is 0.1000. The van der Waals surface area contributed by atoms with Gasteiger partial charge in [0.1, 0.15) is 0 Å². The Labute approximate surface area is 107 Å². The topological polar surface area (TPSA) is 70.7 Å². The molecule has 1 aromatic rings. The number of carbonyl (C=O) groups is 1. The number of nitrogens with two attached hydrogens (primary N) is 1. The minimum absolute atomic E-state index is 0.385. The van der Waals surface area contributed by atoms with Gasteiger partial charge in [-0.2, -0.15) is 0 Å². The number of nitrogens with zero attached hydrogens (tertiary/aromatic N) is 2. The van der Waals surface area contributed by atoms with Gasteiger partial charge in [0.15, 0.2) is 5.96 Å². The molecule has 18 heavy (non-hydrogen) atoms. The van der Waals surface area contributed by atoms with Crippen molar-refractivity contribution >= 4 is 11.9 Å². The van der Waals surface area contributed by atoms with Crippen molar-refractivity contribution in [3.05, 3.63) is 35.4 Å². The highest BCUT2D eigenvalue weighted by atomic mass is 16.1. The molecule has 0 bridgehead atoms. The molecule has 2 rings (SSSR count). The average Bonchev–Trinajstić information content (AvgIpc) is 2.76. The number of hydrogen-bond donors (Lipinski definition) is 2. The normalized spacial score (nSPS) is 14.5. The highest BCUT2D eigenvalue weighted by molar-refractivity contribution is 5.92. The largest absolute Gasteiger partial charge is 0.366 e. The number of likely N-dealkylation sites (N-methyl/N-ethyl adjacent to an activating group) is 1. The fourth-order valence-electron chi connectivity index (χ4n) is 1.92. The molecule has 3 N–H and O–H groups in total. The van der Waals surface area contributed by atoms with Crippen molar-refractivity contribution in [3.8, 4) is 0 Å². The van der Waals surface area contributed by atoms with Crippen LogP contribution in [0.3, 0.4) is 0 Å². The van der Waals surface area contributed by atoms with Gasteiger partial charge < -0.3 is 16.0 Å². The molecule has 0 unspecified atom stereocenters. The number of benzene rings is 1. The number of carbonyl (C=O) groups excluding carboxylic acids is 1. The van der Waals surface area contributed by atoms with E-state index in [9.17, 15) is 4.79 Å². The van der Waals surface area contributed by atoms with Gasteiger partial charge in [-0.05, 0) is 24.1 Å². The molecule has 0 atom stereocenters. The Kier molecular flexibility index (Phi) is 3.82. The molecule has 1 heterocycles. The third-order valence-corrected chi connectivity index (χ3v) is 2.97. The van der Waals surface area contributed by atoms with E-state index in [-0.39, 0.29) is 5.91 Å². The molecule has 0 saturated heterocycles. The van der Waals surface area contributed by atoms with Gasteiger partial charge in [0.05, 0.1) is 6.54 Å². The molecular formula is C13H18N4O. The Morgan fingerprint density at radius 3 is 3.06 bits per heavy atom. The molecule has 0 radical (unpaired) electrons. The van der Waals surface area contributed by atoms with Gasteiger partial charge in [-0.3, -0.25) is 9.79 Å². The molecule has 1 aromatic carbocycles. The monoisotopic (exact) mass is 246 g/mol. The van der Waals surface area contributed by atoms with Crippen molar-refractivity contribution in [2.24, 2.45) is 10.7 Å². The van der Waals surface area contributed by atoms with Crippen LogP contribution in [0.1, 0.15) is 15.9 Å². The summed E-state index contributed by atoms with van der Waals surface area (Å²) in [6.45, 7) is 2.63. The predicted molar refractivity (Wildman–Crippen MR) is 71.6 cm³/mol. The van der Waals surface area contributed by atoms with E-state index in [1.54, 1.807) is 6.07 Å². The lowest BCUT2D eigenvalue weighted by atomic mass is 10.1. The summed E-state index contributed by atoms with van der Waals surface area (Å²) in [6.07, 6.45) is 0.841. The summed E-state index contributed by atoms with van der Waals surface area (Å²) in [5, 5.41) is 3.29. The SMILES string of the molecule is CN1CCN=C1NCCc1cccc(C(N)=O)c1. The average molecular weight is 246 g/mol. The van der Waals surface area contributed by atoms with Crippen LogP contribution in [0.25, 0.3) is 0 Å². The van der Waals surface area contributed by atoms with Crippen LogP contribution in [0.5, 0.6) is 0 Å². The minimum Gasteiger partial charge on any atom is -0.366 e. The van der Waals surface area contributed by atoms with Crippen molar-refractivity contribution in [2.75, 3.05) is 26.7 Å². The molecular weight excluding hydrogens is 228 g/mol. The number of amides is 1. The van der Waals surface area contributed by atoms with E-state index < -0.39 is 0 Å². The number of guanidine groups is 1. The zero-order chi connectivity index (χ0) is 13.0. The van der Waals surface area contributed by atoms with Crippen LogP contribution < -0.4 is 11.1 Å². The molecule has 0 spiro atoms. The van der Waals surface area contributed by atoms with Crippen LogP contribution in [-0.4, -0.2) is 43.4 Å². The van der Waals surface area contributed by atoms with Crippen molar-refractivity contribution in [2.45, 2.75) is 6.42 Å². The highest BCUT2D eigenvalue weighted by Crippen LogP contribution is 2.05. The Morgan fingerprint density at radius 2 is 2.39 bits per heavy atom. The summed E-state index contributed by atoms with van der Waals surface area (Å²) in [6, 6.07) is 7.42. The summed E-state index contributed by atoms with van der Waals surface area (Å²) < 4.78 is 0. The zero-order valence-corrected chi connectivity index (χ0v) is 10.5. The maximum atomic E-state index is 11.1. The summed E-state index contributed by atoms with van der Waals surface area (Å²) in [4.78, 5) is 17.5. The predicted octanol–water partition coefficient (Wildman–Crippen LogP) is 0.219. The van der Waals surface area contributed by atoms with Crippen molar-refractivity contribution in [3.63, 3.8) is 0 Å². The van der Waals surface area contributed by atoms with Gasteiger partial charge in [-0.25, -0.2) is 0 Å². The third-order valence-electron chi connectivity index (χ3n) is 2.97. The Hall–Kier alpha value is -2.04. The molecule has 0 aliphatic carbocycles. The zero-order valence-electron chi connectivity index (χ0n) is 10.5. The lowest BCUT2D eigenvalue weighted by Crippen LogP contribution is -2.36. The van der Waals surface area contributed by atoms with E-state index in [4.69, 9.17) is 5.73 Å². The molecule has 0 aromatic heterocycles. The first kappa shape index (κ1) is 12.4.